The Labute approximate surface area is 171 Å². The second-order valence-corrected chi connectivity index (χ2v) is 9.98. The predicted octanol–water partition coefficient (Wildman–Crippen LogP) is 6.86. The van der Waals surface area contributed by atoms with Crippen molar-refractivity contribution in [2.75, 3.05) is 6.61 Å². The maximum Gasteiger partial charge on any atom is 0.330 e. The Bertz CT molecular complexity index is 796. The van der Waals surface area contributed by atoms with Crippen LogP contribution in [0.4, 0.5) is 0 Å². The lowest BCUT2D eigenvalue weighted by Gasteiger charge is -2.46. The van der Waals surface area contributed by atoms with E-state index in [0.29, 0.717) is 12.5 Å². The van der Waals surface area contributed by atoms with Gasteiger partial charge in [-0.3, -0.25) is 0 Å². The average molecular weight is 381 g/mol. The Morgan fingerprint density at radius 1 is 1.29 bits per heavy atom. The first-order valence-electron chi connectivity index (χ1n) is 10.8. The highest BCUT2D eigenvalue weighted by atomic mass is 16.5. The summed E-state index contributed by atoms with van der Waals surface area (Å²) in [7, 11) is 0. The van der Waals surface area contributed by atoms with Gasteiger partial charge in [0, 0.05) is 12.0 Å². The van der Waals surface area contributed by atoms with Gasteiger partial charge in [0.15, 0.2) is 0 Å². The number of esters is 1. The fraction of sp³-hybridized carbons (Fsp3) is 0.577. The van der Waals surface area contributed by atoms with Crippen LogP contribution in [-0.4, -0.2) is 12.6 Å². The van der Waals surface area contributed by atoms with Crippen molar-refractivity contribution in [2.24, 2.45) is 16.7 Å². The summed E-state index contributed by atoms with van der Waals surface area (Å²) in [5.74, 6) is 0.351. The van der Waals surface area contributed by atoms with Crippen molar-refractivity contribution in [3.8, 4) is 0 Å². The lowest BCUT2D eigenvalue weighted by Crippen LogP contribution is -2.33. The molecule has 0 aromatic carbocycles. The summed E-state index contributed by atoms with van der Waals surface area (Å²) in [5.41, 5.74) is 7.93. The highest BCUT2D eigenvalue weighted by molar-refractivity contribution is 5.83. The van der Waals surface area contributed by atoms with Crippen LogP contribution in [-0.2, 0) is 9.53 Å². The van der Waals surface area contributed by atoms with E-state index in [1.54, 1.807) is 22.8 Å². The van der Waals surface area contributed by atoms with Gasteiger partial charge in [0.1, 0.15) is 0 Å². The number of hydrogen-bond donors (Lipinski definition) is 0. The van der Waals surface area contributed by atoms with Crippen LogP contribution in [0.5, 0.6) is 0 Å². The van der Waals surface area contributed by atoms with Gasteiger partial charge in [-0.15, -0.1) is 0 Å². The molecule has 3 aliphatic rings. The zero-order chi connectivity index (χ0) is 20.5. The summed E-state index contributed by atoms with van der Waals surface area (Å²) in [6.45, 7) is 13.8. The van der Waals surface area contributed by atoms with Gasteiger partial charge < -0.3 is 4.74 Å². The van der Waals surface area contributed by atoms with Crippen molar-refractivity contribution < 1.29 is 9.53 Å². The summed E-state index contributed by atoms with van der Waals surface area (Å²) < 4.78 is 4.99. The molecule has 0 aliphatic heterocycles. The van der Waals surface area contributed by atoms with Crippen molar-refractivity contribution >= 4 is 5.97 Å². The molecular weight excluding hydrogens is 344 g/mol. The van der Waals surface area contributed by atoms with Crippen LogP contribution in [0.1, 0.15) is 73.6 Å². The van der Waals surface area contributed by atoms with Gasteiger partial charge >= 0.3 is 5.97 Å². The Morgan fingerprint density at radius 2 is 2.04 bits per heavy atom. The molecule has 3 aliphatic carbocycles. The molecule has 152 valence electrons. The molecule has 0 bridgehead atoms. The van der Waals surface area contributed by atoms with Gasteiger partial charge in [-0.2, -0.15) is 0 Å². The van der Waals surface area contributed by atoms with Crippen LogP contribution in [0, 0.1) is 16.7 Å². The monoisotopic (exact) mass is 380 g/mol. The van der Waals surface area contributed by atoms with E-state index >= 15 is 0 Å². The normalized spacial score (nSPS) is 27.6. The first kappa shape index (κ1) is 20.9. The molecule has 0 heterocycles. The maximum absolute atomic E-state index is 11.6. The number of allylic oxidation sites excluding steroid dienone is 9. The molecular formula is C26H36O2. The number of carbonyl (C=O) groups excluding carboxylic acids is 1. The highest BCUT2D eigenvalue weighted by Gasteiger charge is 2.43. The molecule has 0 spiro atoms. The molecule has 0 aromatic heterocycles. The van der Waals surface area contributed by atoms with E-state index in [1.165, 1.54) is 31.3 Å². The number of fused-ring (bicyclic) bond motifs is 2. The molecule has 2 heteroatoms. The second kappa shape index (κ2) is 7.89. The third kappa shape index (κ3) is 4.42. The summed E-state index contributed by atoms with van der Waals surface area (Å²) >= 11 is 0. The Morgan fingerprint density at radius 3 is 2.75 bits per heavy atom. The van der Waals surface area contributed by atoms with Crippen LogP contribution >= 0.6 is 0 Å². The molecule has 28 heavy (non-hydrogen) atoms. The average Bonchev–Trinajstić information content (AvgIpc) is 3.01. The minimum atomic E-state index is -0.266. The summed E-state index contributed by atoms with van der Waals surface area (Å²) in [4.78, 5) is 11.6. The van der Waals surface area contributed by atoms with Crippen LogP contribution in [0.15, 0.2) is 58.2 Å². The lowest BCUT2D eigenvalue weighted by atomic mass is 9.59. The molecule has 0 amide bonds. The molecule has 0 saturated heterocycles. The molecule has 1 unspecified atom stereocenters. The molecule has 0 radical (unpaired) electrons. The topological polar surface area (TPSA) is 26.3 Å². The third-order valence-electron chi connectivity index (χ3n) is 6.28. The van der Waals surface area contributed by atoms with Gasteiger partial charge in [-0.05, 0) is 73.5 Å². The molecule has 1 atom stereocenters. The number of ether oxygens (including phenoxy) is 1. The van der Waals surface area contributed by atoms with Crippen LogP contribution in [0.3, 0.4) is 0 Å². The van der Waals surface area contributed by atoms with E-state index in [1.807, 2.05) is 19.9 Å². The minimum absolute atomic E-state index is 0.258. The molecule has 1 saturated carbocycles. The van der Waals surface area contributed by atoms with Crippen LogP contribution < -0.4 is 0 Å². The Kier molecular flexibility index (Phi) is 5.89. The molecule has 0 aromatic rings. The van der Waals surface area contributed by atoms with Crippen molar-refractivity contribution in [2.45, 2.75) is 73.6 Å². The maximum atomic E-state index is 11.6. The van der Waals surface area contributed by atoms with E-state index in [2.05, 4.69) is 45.9 Å². The van der Waals surface area contributed by atoms with Gasteiger partial charge in [-0.1, -0.05) is 63.1 Å². The number of hydrogen-bond acceptors (Lipinski definition) is 2. The second-order valence-electron chi connectivity index (χ2n) is 9.98. The van der Waals surface area contributed by atoms with Gasteiger partial charge in [0.05, 0.1) is 6.61 Å². The van der Waals surface area contributed by atoms with Crippen molar-refractivity contribution in [3.63, 3.8) is 0 Å². The van der Waals surface area contributed by atoms with Crippen molar-refractivity contribution in [1.29, 1.82) is 0 Å². The number of carbonyl (C=O) groups is 1. The highest BCUT2D eigenvalue weighted by Crippen LogP contribution is 2.57. The van der Waals surface area contributed by atoms with Gasteiger partial charge in [0.25, 0.3) is 0 Å². The standard InChI is InChI=1S/C26H36O2/c1-7-28-23(27)14-18(2)10-8-11-19-15-20-16-25(3,4)17-26(5,6)24(20)22-13-9-12-21(19)22/h8,10-11,14,16,21H,7,9,12-13,15,17H2,1-6H3. The van der Waals surface area contributed by atoms with E-state index in [9.17, 15) is 4.79 Å². The van der Waals surface area contributed by atoms with E-state index in [4.69, 9.17) is 4.74 Å². The minimum Gasteiger partial charge on any atom is -0.463 e. The van der Waals surface area contributed by atoms with Gasteiger partial charge in [0.2, 0.25) is 0 Å². The summed E-state index contributed by atoms with van der Waals surface area (Å²) in [6.07, 6.45) is 16.7. The Hall–Kier alpha value is -1.83. The molecule has 2 nitrogen and oxygen atoms in total. The third-order valence-corrected chi connectivity index (χ3v) is 6.28. The van der Waals surface area contributed by atoms with Crippen LogP contribution in [0.2, 0.25) is 0 Å². The molecule has 1 fully saturated rings. The number of rotatable bonds is 4. The predicted molar refractivity (Wildman–Crippen MR) is 117 cm³/mol. The van der Waals surface area contributed by atoms with Crippen LogP contribution in [0.25, 0.3) is 0 Å². The smallest absolute Gasteiger partial charge is 0.330 e. The Balaban J connectivity index is 1.90. The first-order valence-corrected chi connectivity index (χ1v) is 10.8. The summed E-state index contributed by atoms with van der Waals surface area (Å²) in [6, 6.07) is 0. The quantitative estimate of drug-likeness (QED) is 0.302. The van der Waals surface area contributed by atoms with E-state index in [0.717, 1.165) is 12.0 Å². The van der Waals surface area contributed by atoms with E-state index < -0.39 is 0 Å². The van der Waals surface area contributed by atoms with Gasteiger partial charge in [-0.25, -0.2) is 4.79 Å². The zero-order valence-electron chi connectivity index (χ0n) is 18.5. The summed E-state index contributed by atoms with van der Waals surface area (Å²) in [5, 5.41) is 0. The fourth-order valence-corrected chi connectivity index (χ4v) is 5.85. The zero-order valence-corrected chi connectivity index (χ0v) is 18.5. The van der Waals surface area contributed by atoms with E-state index in [-0.39, 0.29) is 16.8 Å². The molecule has 0 N–H and O–H groups in total. The fourth-order valence-electron chi connectivity index (χ4n) is 5.85. The largest absolute Gasteiger partial charge is 0.463 e. The van der Waals surface area contributed by atoms with Crippen molar-refractivity contribution in [1.82, 2.24) is 0 Å². The molecule has 3 rings (SSSR count). The lowest BCUT2D eigenvalue weighted by molar-refractivity contribution is -0.137. The SMILES string of the molecule is CCOC(=O)C=C(C)C=CC=C1CC2=CC(C)(C)CC(C)(C)C2=C2CCCC12. The van der Waals surface area contributed by atoms with Crippen molar-refractivity contribution in [3.05, 3.63) is 58.2 Å². The first-order chi connectivity index (χ1) is 13.1.